The van der Waals surface area contributed by atoms with Gasteiger partial charge >= 0.3 is 0 Å². The number of piperidine rings is 1. The maximum Gasteiger partial charge on any atom is 0.134 e. The minimum absolute atomic E-state index is 0.0298. The normalized spacial score (nSPS) is 26.3. The third-order valence-electron chi connectivity index (χ3n) is 6.86. The van der Waals surface area contributed by atoms with E-state index in [0.29, 0.717) is 6.42 Å². The molecule has 1 aromatic heterocycles. The van der Waals surface area contributed by atoms with Gasteiger partial charge in [-0.2, -0.15) is 0 Å². The smallest absolute Gasteiger partial charge is 0.134 e. The summed E-state index contributed by atoms with van der Waals surface area (Å²) in [7, 11) is 0. The highest BCUT2D eigenvalue weighted by Gasteiger charge is 2.46. The summed E-state index contributed by atoms with van der Waals surface area (Å²) in [5.74, 6) is 1.03. The molecule has 5 heteroatoms. The molecule has 2 saturated heterocycles. The van der Waals surface area contributed by atoms with E-state index in [2.05, 4.69) is 41.0 Å². The molecule has 0 radical (unpaired) electrons. The van der Waals surface area contributed by atoms with Crippen molar-refractivity contribution in [3.8, 4) is 0 Å². The fraction of sp³-hybridized carbons (Fsp3) is 0.440. The van der Waals surface area contributed by atoms with Crippen molar-refractivity contribution in [2.75, 3.05) is 39.4 Å². The van der Waals surface area contributed by atoms with Gasteiger partial charge in [0.05, 0.1) is 25.8 Å². The quantitative estimate of drug-likeness (QED) is 0.718. The first-order valence-electron chi connectivity index (χ1n) is 10.9. The number of aliphatic hydroxyl groups is 1. The largest absolute Gasteiger partial charge is 0.459 e. The molecule has 0 spiro atoms. The molecule has 2 aromatic carbocycles. The van der Waals surface area contributed by atoms with Gasteiger partial charge in [0, 0.05) is 31.6 Å². The van der Waals surface area contributed by atoms with Crippen LogP contribution in [0.15, 0.2) is 59.0 Å². The van der Waals surface area contributed by atoms with Gasteiger partial charge in [0.1, 0.15) is 16.9 Å². The van der Waals surface area contributed by atoms with Gasteiger partial charge < -0.3 is 14.3 Å². The minimum Gasteiger partial charge on any atom is -0.459 e. The van der Waals surface area contributed by atoms with E-state index in [4.69, 9.17) is 9.15 Å². The van der Waals surface area contributed by atoms with Crippen LogP contribution in [0.1, 0.15) is 23.3 Å². The van der Waals surface area contributed by atoms with Crippen LogP contribution in [-0.4, -0.2) is 60.3 Å². The molecule has 0 unspecified atom stereocenters. The number of ether oxygens (including phenoxy) is 1. The zero-order valence-corrected chi connectivity index (χ0v) is 17.6. The Hall–Kier alpha value is -2.18. The lowest BCUT2D eigenvalue weighted by atomic mass is 9.79. The number of hydrogen-bond acceptors (Lipinski definition) is 5. The molecule has 0 saturated carbocycles. The van der Waals surface area contributed by atoms with E-state index < -0.39 is 5.60 Å². The van der Waals surface area contributed by atoms with Gasteiger partial charge in [0.25, 0.3) is 0 Å². The van der Waals surface area contributed by atoms with Crippen molar-refractivity contribution in [1.29, 1.82) is 0 Å². The monoisotopic (exact) mass is 406 g/mol. The average Bonchev–Trinajstić information content (AvgIpc) is 3.12. The molecule has 2 fully saturated rings. The zero-order valence-electron chi connectivity index (χ0n) is 17.6. The van der Waals surface area contributed by atoms with Gasteiger partial charge in [0.2, 0.25) is 0 Å². The van der Waals surface area contributed by atoms with Crippen molar-refractivity contribution in [2.24, 2.45) is 0 Å². The summed E-state index contributed by atoms with van der Waals surface area (Å²) in [6, 6.07) is 18.4. The first-order valence-corrected chi connectivity index (χ1v) is 10.9. The zero-order chi connectivity index (χ0) is 20.6. The standard InChI is InChI=1S/C25H30N2O3/c1-19-21-9-5-6-10-22(21)30-23(19)17-26-12-11-25(28,20-7-3-2-4-8-20)24(18-26)27-13-15-29-16-14-27/h2-10,24,28H,11-18H2,1H3/t24-,25+/m1/s1. The highest BCUT2D eigenvalue weighted by Crippen LogP contribution is 2.37. The molecule has 0 amide bonds. The van der Waals surface area contributed by atoms with Crippen molar-refractivity contribution in [2.45, 2.75) is 31.5 Å². The number of nitrogens with zero attached hydrogens (tertiary/aromatic N) is 2. The molecule has 158 valence electrons. The van der Waals surface area contributed by atoms with E-state index in [0.717, 1.165) is 62.8 Å². The summed E-state index contributed by atoms with van der Waals surface area (Å²) in [6.45, 7) is 7.73. The summed E-state index contributed by atoms with van der Waals surface area (Å²) < 4.78 is 11.8. The van der Waals surface area contributed by atoms with Gasteiger partial charge in [0.15, 0.2) is 0 Å². The van der Waals surface area contributed by atoms with Gasteiger partial charge in [-0.15, -0.1) is 0 Å². The second kappa shape index (κ2) is 8.16. The van der Waals surface area contributed by atoms with E-state index in [9.17, 15) is 5.11 Å². The maximum atomic E-state index is 11.9. The van der Waals surface area contributed by atoms with E-state index in [1.54, 1.807) is 0 Å². The number of furan rings is 1. The van der Waals surface area contributed by atoms with Gasteiger partial charge in [-0.3, -0.25) is 9.80 Å². The number of likely N-dealkylation sites (tertiary alicyclic amines) is 1. The summed E-state index contributed by atoms with van der Waals surface area (Å²) in [6.07, 6.45) is 0.707. The molecule has 2 aliphatic heterocycles. The Morgan fingerprint density at radius 1 is 1.00 bits per heavy atom. The molecule has 1 N–H and O–H groups in total. The summed E-state index contributed by atoms with van der Waals surface area (Å²) >= 11 is 0. The number of para-hydroxylation sites is 1. The predicted octanol–water partition coefficient (Wildman–Crippen LogP) is 3.54. The number of morpholine rings is 1. The number of fused-ring (bicyclic) bond motifs is 1. The maximum absolute atomic E-state index is 11.9. The predicted molar refractivity (Wildman–Crippen MR) is 117 cm³/mol. The second-order valence-electron chi connectivity index (χ2n) is 8.59. The second-order valence-corrected chi connectivity index (χ2v) is 8.59. The average molecular weight is 407 g/mol. The van der Waals surface area contributed by atoms with Gasteiger partial charge in [-0.1, -0.05) is 48.5 Å². The Kier molecular flexibility index (Phi) is 5.37. The van der Waals surface area contributed by atoms with Crippen LogP contribution in [0.2, 0.25) is 0 Å². The third-order valence-corrected chi connectivity index (χ3v) is 6.86. The summed E-state index contributed by atoms with van der Waals surface area (Å²) in [5.41, 5.74) is 2.34. The van der Waals surface area contributed by atoms with Crippen molar-refractivity contribution < 1.29 is 14.3 Å². The molecule has 0 bridgehead atoms. The Bertz CT molecular complexity index is 996. The number of rotatable bonds is 4. The molecule has 3 aromatic rings. The topological polar surface area (TPSA) is 49.1 Å². The molecular weight excluding hydrogens is 376 g/mol. The Morgan fingerprint density at radius 3 is 2.50 bits per heavy atom. The SMILES string of the molecule is Cc1c(CN2CC[C@](O)(c3ccccc3)[C@H](N3CCOCC3)C2)oc2ccccc12. The molecule has 0 aliphatic carbocycles. The third kappa shape index (κ3) is 3.56. The van der Waals surface area contributed by atoms with Crippen LogP contribution in [0.5, 0.6) is 0 Å². The highest BCUT2D eigenvalue weighted by molar-refractivity contribution is 5.81. The van der Waals surface area contributed by atoms with Crippen LogP contribution in [-0.2, 0) is 16.9 Å². The Balaban J connectivity index is 1.42. The first-order chi connectivity index (χ1) is 14.6. The fourth-order valence-electron chi connectivity index (χ4n) is 5.07. The molecule has 2 atom stereocenters. The Morgan fingerprint density at radius 2 is 1.73 bits per heavy atom. The number of aryl methyl sites for hydroxylation is 1. The van der Waals surface area contributed by atoms with Crippen molar-refractivity contribution in [3.63, 3.8) is 0 Å². The number of benzene rings is 2. The summed E-state index contributed by atoms with van der Waals surface area (Å²) in [5, 5.41) is 13.1. The van der Waals surface area contributed by atoms with E-state index in [-0.39, 0.29) is 6.04 Å². The van der Waals surface area contributed by atoms with Crippen molar-refractivity contribution >= 4 is 11.0 Å². The van der Waals surface area contributed by atoms with Crippen LogP contribution in [0, 0.1) is 6.92 Å². The lowest BCUT2D eigenvalue weighted by Gasteiger charge is -2.50. The molecule has 3 heterocycles. The number of hydrogen-bond donors (Lipinski definition) is 1. The lowest BCUT2D eigenvalue weighted by molar-refractivity contribution is -0.120. The lowest BCUT2D eigenvalue weighted by Crippen LogP contribution is -2.62. The fourth-order valence-corrected chi connectivity index (χ4v) is 5.07. The van der Waals surface area contributed by atoms with Crippen LogP contribution in [0.25, 0.3) is 11.0 Å². The molecule has 30 heavy (non-hydrogen) atoms. The minimum atomic E-state index is -0.849. The van der Waals surface area contributed by atoms with Crippen LogP contribution in [0.3, 0.4) is 0 Å². The van der Waals surface area contributed by atoms with E-state index >= 15 is 0 Å². The van der Waals surface area contributed by atoms with Crippen molar-refractivity contribution in [3.05, 3.63) is 71.5 Å². The first kappa shape index (κ1) is 19.8. The van der Waals surface area contributed by atoms with Gasteiger partial charge in [-0.05, 0) is 30.5 Å². The van der Waals surface area contributed by atoms with Crippen LogP contribution in [0.4, 0.5) is 0 Å². The van der Waals surface area contributed by atoms with Crippen LogP contribution < -0.4 is 0 Å². The molecule has 5 nitrogen and oxygen atoms in total. The summed E-state index contributed by atoms with van der Waals surface area (Å²) in [4.78, 5) is 4.84. The molecule has 2 aliphatic rings. The molecule has 5 rings (SSSR count). The van der Waals surface area contributed by atoms with E-state index in [1.165, 1.54) is 10.9 Å². The Labute approximate surface area is 177 Å². The highest BCUT2D eigenvalue weighted by atomic mass is 16.5. The van der Waals surface area contributed by atoms with Crippen molar-refractivity contribution in [1.82, 2.24) is 9.80 Å². The van der Waals surface area contributed by atoms with Crippen LogP contribution >= 0.6 is 0 Å². The van der Waals surface area contributed by atoms with Gasteiger partial charge in [-0.25, -0.2) is 0 Å². The van der Waals surface area contributed by atoms with E-state index in [1.807, 2.05) is 30.3 Å². The molecular formula is C25H30N2O3.